The van der Waals surface area contributed by atoms with Crippen LogP contribution in [-0.2, 0) is 9.53 Å². The van der Waals surface area contributed by atoms with Gasteiger partial charge in [0.2, 0.25) is 0 Å². The van der Waals surface area contributed by atoms with Crippen LogP contribution in [-0.4, -0.2) is 75.7 Å². The van der Waals surface area contributed by atoms with Gasteiger partial charge in [0.25, 0.3) is 0 Å². The summed E-state index contributed by atoms with van der Waals surface area (Å²) in [5.41, 5.74) is 1.20. The molecule has 0 bridgehead atoms. The zero-order valence-electron chi connectivity index (χ0n) is 19.2. The molecule has 2 saturated heterocycles. The van der Waals surface area contributed by atoms with E-state index in [0.29, 0.717) is 6.54 Å². The minimum Gasteiger partial charge on any atom is -0.496 e. The Kier molecular flexibility index (Phi) is 10.3. The third kappa shape index (κ3) is 6.25. The van der Waals surface area contributed by atoms with E-state index in [4.69, 9.17) is 9.47 Å². The average molecular weight is 544 g/mol. The van der Waals surface area contributed by atoms with Crippen LogP contribution in [0.15, 0.2) is 29.3 Å². The van der Waals surface area contributed by atoms with Crippen LogP contribution in [0.1, 0.15) is 37.8 Å². The van der Waals surface area contributed by atoms with Crippen molar-refractivity contribution in [3.05, 3.63) is 29.8 Å². The number of nitrogens with zero attached hydrogens (tertiary/aromatic N) is 3. The lowest BCUT2D eigenvalue weighted by Crippen LogP contribution is -2.46. The molecule has 0 saturated carbocycles. The first kappa shape index (κ1) is 25.7. The summed E-state index contributed by atoms with van der Waals surface area (Å²) in [5.74, 6) is 1.75. The fraction of sp³-hybridized carbons (Fsp3) is 0.652. The highest BCUT2D eigenvalue weighted by Crippen LogP contribution is 2.31. The number of benzene rings is 1. The number of esters is 1. The lowest BCUT2D eigenvalue weighted by molar-refractivity contribution is -0.145. The normalized spacial score (nSPS) is 23.1. The van der Waals surface area contributed by atoms with Crippen molar-refractivity contribution in [3.63, 3.8) is 0 Å². The maximum absolute atomic E-state index is 12.1. The largest absolute Gasteiger partial charge is 0.496 e. The number of likely N-dealkylation sites (tertiary alicyclic amines) is 2. The molecule has 1 aromatic carbocycles. The van der Waals surface area contributed by atoms with E-state index < -0.39 is 0 Å². The summed E-state index contributed by atoms with van der Waals surface area (Å²) in [4.78, 5) is 21.3. The number of methoxy groups -OCH3 is 2. The molecule has 0 aromatic heterocycles. The molecule has 2 aliphatic rings. The van der Waals surface area contributed by atoms with Gasteiger partial charge in [0.15, 0.2) is 5.96 Å². The van der Waals surface area contributed by atoms with Gasteiger partial charge < -0.3 is 19.7 Å². The summed E-state index contributed by atoms with van der Waals surface area (Å²) >= 11 is 0. The molecule has 174 valence electrons. The van der Waals surface area contributed by atoms with Crippen LogP contribution in [0.25, 0.3) is 0 Å². The predicted octanol–water partition coefficient (Wildman–Crippen LogP) is 3.16. The number of nitrogens with one attached hydrogen (secondary N) is 1. The van der Waals surface area contributed by atoms with Crippen molar-refractivity contribution in [3.8, 4) is 5.75 Å². The van der Waals surface area contributed by atoms with Crippen LogP contribution in [0.3, 0.4) is 0 Å². The fourth-order valence-corrected chi connectivity index (χ4v) is 4.73. The Morgan fingerprint density at radius 2 is 1.90 bits per heavy atom. The summed E-state index contributed by atoms with van der Waals surface area (Å²) in [6.45, 7) is 6.45. The monoisotopic (exact) mass is 544 g/mol. The Labute approximate surface area is 203 Å². The second-order valence-corrected chi connectivity index (χ2v) is 8.29. The van der Waals surface area contributed by atoms with E-state index in [1.165, 1.54) is 31.9 Å². The number of piperidine rings is 1. The maximum atomic E-state index is 12.1. The van der Waals surface area contributed by atoms with Crippen LogP contribution in [0, 0.1) is 11.8 Å². The minimum absolute atomic E-state index is 0. The van der Waals surface area contributed by atoms with E-state index in [0.717, 1.165) is 37.9 Å². The molecular weight excluding hydrogens is 507 g/mol. The first-order valence-corrected chi connectivity index (χ1v) is 11.0. The highest BCUT2D eigenvalue weighted by molar-refractivity contribution is 14.0. The fourth-order valence-electron chi connectivity index (χ4n) is 4.73. The Bertz CT molecular complexity index is 739. The van der Waals surface area contributed by atoms with Gasteiger partial charge in [-0.2, -0.15) is 0 Å². The molecule has 3 atom stereocenters. The van der Waals surface area contributed by atoms with E-state index in [-0.39, 0.29) is 47.8 Å². The van der Waals surface area contributed by atoms with Crippen molar-refractivity contribution >= 4 is 35.9 Å². The van der Waals surface area contributed by atoms with E-state index in [9.17, 15) is 4.79 Å². The molecule has 7 nitrogen and oxygen atoms in total. The second-order valence-electron chi connectivity index (χ2n) is 8.29. The molecule has 0 aliphatic carbocycles. The Morgan fingerprint density at radius 1 is 1.19 bits per heavy atom. The third-order valence-electron chi connectivity index (χ3n) is 6.41. The molecule has 2 heterocycles. The van der Waals surface area contributed by atoms with Gasteiger partial charge in [-0.15, -0.1) is 24.0 Å². The van der Waals surface area contributed by atoms with Crippen LogP contribution >= 0.6 is 24.0 Å². The predicted molar refractivity (Wildman–Crippen MR) is 134 cm³/mol. The number of hydrogen-bond acceptors (Lipinski definition) is 5. The van der Waals surface area contributed by atoms with Crippen LogP contribution in [0.2, 0.25) is 0 Å². The number of guanidine groups is 1. The first-order chi connectivity index (χ1) is 14.6. The van der Waals surface area contributed by atoms with Gasteiger partial charge in [-0.1, -0.05) is 31.5 Å². The van der Waals surface area contributed by atoms with E-state index >= 15 is 0 Å². The molecule has 0 spiro atoms. The van der Waals surface area contributed by atoms with Gasteiger partial charge in [0.05, 0.1) is 26.2 Å². The molecule has 31 heavy (non-hydrogen) atoms. The minimum atomic E-state index is -0.138. The highest BCUT2D eigenvalue weighted by atomic mass is 127. The smallest absolute Gasteiger partial charge is 0.310 e. The van der Waals surface area contributed by atoms with E-state index in [1.54, 1.807) is 14.2 Å². The van der Waals surface area contributed by atoms with Crippen molar-refractivity contribution in [1.82, 2.24) is 15.1 Å². The lowest BCUT2D eigenvalue weighted by Gasteiger charge is -2.36. The molecule has 8 heteroatoms. The molecule has 1 N–H and O–H groups in total. The molecule has 1 aromatic rings. The molecule has 3 unspecified atom stereocenters. The Morgan fingerprint density at radius 3 is 2.55 bits per heavy atom. The van der Waals surface area contributed by atoms with Crippen molar-refractivity contribution in [2.24, 2.45) is 16.8 Å². The van der Waals surface area contributed by atoms with Crippen LogP contribution in [0.4, 0.5) is 0 Å². The zero-order valence-corrected chi connectivity index (χ0v) is 21.5. The molecule has 0 radical (unpaired) electrons. The van der Waals surface area contributed by atoms with Crippen LogP contribution < -0.4 is 10.1 Å². The summed E-state index contributed by atoms with van der Waals surface area (Å²) in [6.07, 6.45) is 3.75. The zero-order chi connectivity index (χ0) is 21.5. The van der Waals surface area contributed by atoms with Gasteiger partial charge in [0, 0.05) is 32.2 Å². The standard InChI is InChI=1S/C23H36N4O3.HI/c1-17-15-27(16-19(17)22(28)30-4)23(24-2)25-14-20(26-12-8-5-9-13-26)18-10-6-7-11-21(18)29-3;/h6-7,10-11,17,19-20H,5,8-9,12-16H2,1-4H3,(H,24,25);1H. The van der Waals surface area contributed by atoms with Gasteiger partial charge in [-0.3, -0.25) is 14.7 Å². The highest BCUT2D eigenvalue weighted by Gasteiger charge is 2.37. The molecule has 0 amide bonds. The summed E-state index contributed by atoms with van der Waals surface area (Å²) in [7, 11) is 5.00. The van der Waals surface area contributed by atoms with Crippen molar-refractivity contribution < 1.29 is 14.3 Å². The number of rotatable bonds is 6. The number of ether oxygens (including phenoxy) is 2. The third-order valence-corrected chi connectivity index (χ3v) is 6.41. The van der Waals surface area contributed by atoms with E-state index in [2.05, 4.69) is 39.2 Å². The molecular formula is C23H37IN4O3. The number of halogens is 1. The summed E-state index contributed by atoms with van der Waals surface area (Å²) < 4.78 is 10.7. The van der Waals surface area contributed by atoms with Gasteiger partial charge in [0.1, 0.15) is 5.75 Å². The second kappa shape index (κ2) is 12.5. The summed E-state index contributed by atoms with van der Waals surface area (Å²) in [6, 6.07) is 8.49. The van der Waals surface area contributed by atoms with Crippen molar-refractivity contribution in [1.29, 1.82) is 0 Å². The van der Waals surface area contributed by atoms with E-state index in [1.807, 2.05) is 12.1 Å². The quantitative estimate of drug-likeness (QED) is 0.257. The Hall–Kier alpha value is -1.55. The van der Waals surface area contributed by atoms with Gasteiger partial charge in [-0.25, -0.2) is 0 Å². The molecule has 2 fully saturated rings. The average Bonchev–Trinajstić information content (AvgIpc) is 3.18. The molecule has 2 aliphatic heterocycles. The van der Waals surface area contributed by atoms with Crippen molar-refractivity contribution in [2.45, 2.75) is 32.2 Å². The number of para-hydroxylation sites is 1. The maximum Gasteiger partial charge on any atom is 0.310 e. The van der Waals surface area contributed by atoms with Crippen LogP contribution in [0.5, 0.6) is 5.75 Å². The van der Waals surface area contributed by atoms with Crippen molar-refractivity contribution in [2.75, 3.05) is 54.0 Å². The topological polar surface area (TPSA) is 66.4 Å². The SMILES string of the molecule is CN=C(NCC(c1ccccc1OC)N1CCCCC1)N1CC(C)C(C(=O)OC)C1.I. The first-order valence-electron chi connectivity index (χ1n) is 11.0. The number of aliphatic imine (C=N–C) groups is 1. The number of hydrogen-bond donors (Lipinski definition) is 1. The van der Waals surface area contributed by atoms with Gasteiger partial charge >= 0.3 is 5.97 Å². The summed E-state index contributed by atoms with van der Waals surface area (Å²) in [5, 5.41) is 3.58. The van der Waals surface area contributed by atoms with Gasteiger partial charge in [-0.05, 0) is 37.9 Å². The lowest BCUT2D eigenvalue weighted by atomic mass is 9.99. The number of carbonyl (C=O) groups is 1. The number of carbonyl (C=O) groups excluding carboxylic acids is 1. The Balaban J connectivity index is 0.00000341. The molecule has 3 rings (SSSR count).